The Balaban J connectivity index is 1.62. The fraction of sp³-hybridized carbons (Fsp3) is 0.467. The molecule has 2 aliphatic heterocycles. The molecule has 1 unspecified atom stereocenters. The molecule has 2 amide bonds. The van der Waals surface area contributed by atoms with Crippen LogP contribution < -0.4 is 15.5 Å². The Morgan fingerprint density at radius 1 is 1.29 bits per heavy atom. The van der Waals surface area contributed by atoms with Gasteiger partial charge in [-0.2, -0.15) is 13.2 Å². The highest BCUT2D eigenvalue weighted by Crippen LogP contribution is 2.31. The van der Waals surface area contributed by atoms with Gasteiger partial charge in [0.25, 0.3) is 5.91 Å². The fourth-order valence-corrected chi connectivity index (χ4v) is 3.01. The quantitative estimate of drug-likeness (QED) is 0.862. The smallest absolute Gasteiger partial charge is 0.416 e. The van der Waals surface area contributed by atoms with Gasteiger partial charge in [0.2, 0.25) is 5.91 Å². The van der Waals surface area contributed by atoms with E-state index in [1.165, 1.54) is 5.01 Å². The maximum Gasteiger partial charge on any atom is 0.416 e. The van der Waals surface area contributed by atoms with Gasteiger partial charge in [-0.3, -0.25) is 15.0 Å². The van der Waals surface area contributed by atoms with Crippen LogP contribution in [-0.2, 0) is 15.8 Å². The molecule has 2 fully saturated rings. The zero-order valence-electron chi connectivity index (χ0n) is 12.7. The van der Waals surface area contributed by atoms with E-state index in [1.54, 1.807) is 0 Å². The van der Waals surface area contributed by atoms with Crippen molar-refractivity contribution in [2.45, 2.75) is 24.6 Å². The van der Waals surface area contributed by atoms with Crippen molar-refractivity contribution in [3.63, 3.8) is 0 Å². The van der Waals surface area contributed by atoms with Crippen LogP contribution in [0.3, 0.4) is 0 Å². The highest BCUT2D eigenvalue weighted by Gasteiger charge is 2.49. The topological polar surface area (TPSA) is 70.7 Å². The Kier molecular flexibility index (Phi) is 4.12. The van der Waals surface area contributed by atoms with Gasteiger partial charge in [-0.05, 0) is 37.2 Å². The molecule has 24 heavy (non-hydrogen) atoms. The molecule has 2 aliphatic rings. The van der Waals surface area contributed by atoms with Crippen molar-refractivity contribution in [1.29, 1.82) is 0 Å². The van der Waals surface area contributed by atoms with E-state index in [-0.39, 0.29) is 24.7 Å². The number of hydrogen-bond acceptors (Lipinski definition) is 4. The second-order valence-electron chi connectivity index (χ2n) is 5.90. The average Bonchev–Trinajstić information content (AvgIpc) is 3.12. The maximum atomic E-state index is 12.5. The number of halogens is 3. The average molecular weight is 343 g/mol. The lowest BCUT2D eigenvalue weighted by Crippen LogP contribution is -2.54. The third-order valence-corrected chi connectivity index (χ3v) is 4.22. The van der Waals surface area contributed by atoms with Crippen molar-refractivity contribution < 1.29 is 27.5 Å². The molecule has 2 N–H and O–H groups in total. The molecule has 9 heteroatoms. The Bertz CT molecular complexity index is 640. The van der Waals surface area contributed by atoms with E-state index in [4.69, 9.17) is 4.74 Å². The molecule has 0 bridgehead atoms. The van der Waals surface area contributed by atoms with Crippen molar-refractivity contribution in [2.24, 2.45) is 0 Å². The number of nitrogens with zero attached hydrogens (tertiary/aromatic N) is 1. The lowest BCUT2D eigenvalue weighted by molar-refractivity contribution is -0.142. The van der Waals surface area contributed by atoms with Crippen LogP contribution >= 0.6 is 0 Å². The molecule has 1 spiro atoms. The van der Waals surface area contributed by atoms with Gasteiger partial charge in [0.05, 0.1) is 17.5 Å². The van der Waals surface area contributed by atoms with E-state index in [0.29, 0.717) is 19.5 Å². The molecule has 0 aliphatic carbocycles. The monoisotopic (exact) mass is 343 g/mol. The number of hydrazine groups is 1. The first-order valence-corrected chi connectivity index (χ1v) is 7.44. The lowest BCUT2D eigenvalue weighted by atomic mass is 9.95. The van der Waals surface area contributed by atoms with Crippen LogP contribution in [0.25, 0.3) is 0 Å². The minimum Gasteiger partial charge on any atom is -0.484 e. The summed E-state index contributed by atoms with van der Waals surface area (Å²) in [5, 5.41) is 4.41. The number of alkyl halides is 3. The van der Waals surface area contributed by atoms with Crippen LogP contribution in [-0.4, -0.2) is 42.1 Å². The zero-order valence-corrected chi connectivity index (χ0v) is 12.7. The van der Waals surface area contributed by atoms with Crippen molar-refractivity contribution in [3.8, 4) is 5.75 Å². The van der Waals surface area contributed by atoms with Gasteiger partial charge in [-0.1, -0.05) is 0 Å². The van der Waals surface area contributed by atoms with E-state index < -0.39 is 23.2 Å². The van der Waals surface area contributed by atoms with Gasteiger partial charge in [0, 0.05) is 6.54 Å². The lowest BCUT2D eigenvalue weighted by Gasteiger charge is -2.32. The first kappa shape index (κ1) is 16.6. The number of hydrogen-bond donors (Lipinski definition) is 2. The van der Waals surface area contributed by atoms with Crippen LogP contribution in [0.1, 0.15) is 18.4 Å². The SMILES string of the molecule is O=C1CC2(CCNC2)N(C(=O)COc2ccc(C(F)(F)F)cc2)N1. The Labute approximate surface area is 135 Å². The second kappa shape index (κ2) is 5.97. The molecule has 3 rings (SSSR count). The van der Waals surface area contributed by atoms with Crippen molar-refractivity contribution in [2.75, 3.05) is 19.7 Å². The molecule has 1 aromatic rings. The molecule has 0 aromatic heterocycles. The molecule has 0 saturated carbocycles. The summed E-state index contributed by atoms with van der Waals surface area (Å²) < 4.78 is 42.7. The molecule has 1 atom stereocenters. The fourth-order valence-electron chi connectivity index (χ4n) is 3.01. The third-order valence-electron chi connectivity index (χ3n) is 4.22. The minimum absolute atomic E-state index is 0.153. The van der Waals surface area contributed by atoms with Gasteiger partial charge < -0.3 is 10.1 Å². The Morgan fingerprint density at radius 2 is 2.00 bits per heavy atom. The van der Waals surface area contributed by atoms with E-state index in [2.05, 4.69) is 10.7 Å². The van der Waals surface area contributed by atoms with Gasteiger partial charge in [-0.25, -0.2) is 5.01 Å². The molecule has 1 aromatic carbocycles. The van der Waals surface area contributed by atoms with Gasteiger partial charge in [-0.15, -0.1) is 0 Å². The number of benzene rings is 1. The largest absolute Gasteiger partial charge is 0.484 e. The van der Waals surface area contributed by atoms with Gasteiger partial charge >= 0.3 is 6.18 Å². The predicted molar refractivity (Wildman–Crippen MR) is 76.8 cm³/mol. The number of amides is 2. The normalized spacial score (nSPS) is 23.6. The highest BCUT2D eigenvalue weighted by molar-refractivity contribution is 5.88. The van der Waals surface area contributed by atoms with Crippen molar-refractivity contribution in [1.82, 2.24) is 15.8 Å². The number of carbonyl (C=O) groups excluding carboxylic acids is 2. The summed E-state index contributed by atoms with van der Waals surface area (Å²) in [5.74, 6) is -0.522. The predicted octanol–water partition coefficient (Wildman–Crippen LogP) is 1.08. The van der Waals surface area contributed by atoms with Crippen LogP contribution in [0, 0.1) is 0 Å². The van der Waals surface area contributed by atoms with Crippen molar-refractivity contribution in [3.05, 3.63) is 29.8 Å². The van der Waals surface area contributed by atoms with Gasteiger partial charge in [0.1, 0.15) is 5.75 Å². The number of ether oxygens (including phenoxy) is 1. The first-order valence-electron chi connectivity index (χ1n) is 7.44. The summed E-state index contributed by atoms with van der Waals surface area (Å²) in [6.45, 7) is 0.851. The summed E-state index contributed by atoms with van der Waals surface area (Å²) in [6, 6.07) is 4.09. The summed E-state index contributed by atoms with van der Waals surface area (Å²) in [6.07, 6.45) is -3.54. The standard InChI is InChI=1S/C15H16F3N3O3/c16-15(17,18)10-1-3-11(4-2-10)24-8-13(23)21-14(5-6-19-9-14)7-12(22)20-21/h1-4,19H,5-9H2,(H,20,22). The van der Waals surface area contributed by atoms with Crippen molar-refractivity contribution >= 4 is 11.8 Å². The molecular formula is C15H16F3N3O3. The van der Waals surface area contributed by atoms with E-state index >= 15 is 0 Å². The summed E-state index contributed by atoms with van der Waals surface area (Å²) in [7, 11) is 0. The molecule has 130 valence electrons. The number of rotatable bonds is 3. The van der Waals surface area contributed by atoms with E-state index in [9.17, 15) is 22.8 Å². The number of carbonyl (C=O) groups is 2. The summed E-state index contributed by atoms with van der Waals surface area (Å²) >= 11 is 0. The summed E-state index contributed by atoms with van der Waals surface area (Å²) in [4.78, 5) is 24.0. The third kappa shape index (κ3) is 3.16. The molecular weight excluding hydrogens is 327 g/mol. The number of nitrogens with one attached hydrogen (secondary N) is 2. The molecule has 0 radical (unpaired) electrons. The molecule has 2 heterocycles. The summed E-state index contributed by atoms with van der Waals surface area (Å²) in [5.41, 5.74) is 1.15. The maximum absolute atomic E-state index is 12.5. The Morgan fingerprint density at radius 3 is 2.58 bits per heavy atom. The highest BCUT2D eigenvalue weighted by atomic mass is 19.4. The molecule has 6 nitrogen and oxygen atoms in total. The Hall–Kier alpha value is -2.29. The second-order valence-corrected chi connectivity index (χ2v) is 5.90. The first-order chi connectivity index (χ1) is 11.3. The van der Waals surface area contributed by atoms with E-state index in [1.807, 2.05) is 0 Å². The van der Waals surface area contributed by atoms with Crippen LogP contribution in [0.15, 0.2) is 24.3 Å². The van der Waals surface area contributed by atoms with E-state index in [0.717, 1.165) is 24.3 Å². The minimum atomic E-state index is -4.42. The molecule has 2 saturated heterocycles. The van der Waals surface area contributed by atoms with Crippen LogP contribution in [0.5, 0.6) is 5.75 Å². The van der Waals surface area contributed by atoms with Crippen LogP contribution in [0.4, 0.5) is 13.2 Å². The van der Waals surface area contributed by atoms with Crippen LogP contribution in [0.2, 0.25) is 0 Å². The zero-order chi connectivity index (χ0) is 17.4. The van der Waals surface area contributed by atoms with Gasteiger partial charge in [0.15, 0.2) is 6.61 Å².